The maximum absolute atomic E-state index is 13.0. The second-order valence-corrected chi connectivity index (χ2v) is 9.58. The third-order valence-electron chi connectivity index (χ3n) is 5.28. The van der Waals surface area contributed by atoms with Crippen molar-refractivity contribution in [3.05, 3.63) is 48.0 Å². The van der Waals surface area contributed by atoms with E-state index in [4.69, 9.17) is 23.4 Å². The van der Waals surface area contributed by atoms with Crippen LogP contribution in [0.5, 0.6) is 11.5 Å². The summed E-state index contributed by atoms with van der Waals surface area (Å²) in [5, 5.41) is 10.3. The van der Waals surface area contributed by atoms with E-state index in [0.29, 0.717) is 30.3 Å². The van der Waals surface area contributed by atoms with Crippen molar-refractivity contribution in [2.24, 2.45) is 0 Å². The van der Waals surface area contributed by atoms with Crippen molar-refractivity contribution >= 4 is 21.9 Å². The average molecular weight is 519 g/mol. The van der Waals surface area contributed by atoms with Crippen LogP contribution in [0.25, 0.3) is 11.5 Å². The first kappa shape index (κ1) is 25.6. The van der Waals surface area contributed by atoms with Crippen LogP contribution in [0, 0.1) is 0 Å². The van der Waals surface area contributed by atoms with E-state index in [1.54, 1.807) is 18.2 Å². The van der Waals surface area contributed by atoms with Gasteiger partial charge in [-0.3, -0.25) is 10.1 Å². The van der Waals surface area contributed by atoms with E-state index < -0.39 is 15.9 Å². The number of carbonyl (C=O) groups is 1. The lowest BCUT2D eigenvalue weighted by molar-refractivity contribution is 0.102. The van der Waals surface area contributed by atoms with Crippen LogP contribution in [-0.2, 0) is 19.5 Å². The largest absolute Gasteiger partial charge is 0.486 e. The van der Waals surface area contributed by atoms with Gasteiger partial charge in [0, 0.05) is 38.4 Å². The van der Waals surface area contributed by atoms with Gasteiger partial charge in [-0.05, 0) is 42.5 Å². The van der Waals surface area contributed by atoms with Crippen LogP contribution in [0.15, 0.2) is 51.8 Å². The van der Waals surface area contributed by atoms with Gasteiger partial charge in [-0.2, -0.15) is 4.31 Å². The molecule has 1 N–H and O–H groups in total. The fraction of sp³-hybridized carbons (Fsp3) is 0.348. The Morgan fingerprint density at radius 1 is 0.972 bits per heavy atom. The first-order valence-corrected chi connectivity index (χ1v) is 12.5. The van der Waals surface area contributed by atoms with Crippen molar-refractivity contribution in [1.82, 2.24) is 14.5 Å². The molecule has 0 spiro atoms. The van der Waals surface area contributed by atoms with Crippen molar-refractivity contribution < 1.29 is 36.6 Å². The number of ether oxygens (including phenoxy) is 4. The number of anilines is 1. The van der Waals surface area contributed by atoms with E-state index in [-0.39, 0.29) is 48.7 Å². The lowest BCUT2D eigenvalue weighted by atomic mass is 10.2. The highest BCUT2D eigenvalue weighted by molar-refractivity contribution is 7.89. The highest BCUT2D eigenvalue weighted by Gasteiger charge is 2.24. The smallest absolute Gasteiger partial charge is 0.322 e. The minimum absolute atomic E-state index is 0.0462. The van der Waals surface area contributed by atoms with Gasteiger partial charge in [0.05, 0.1) is 18.1 Å². The van der Waals surface area contributed by atoms with E-state index in [9.17, 15) is 13.2 Å². The van der Waals surface area contributed by atoms with Crippen molar-refractivity contribution in [2.75, 3.05) is 59.1 Å². The first-order valence-electron chi connectivity index (χ1n) is 11.1. The van der Waals surface area contributed by atoms with Crippen LogP contribution in [0.1, 0.15) is 10.4 Å². The molecule has 2 aromatic carbocycles. The Morgan fingerprint density at radius 3 is 2.31 bits per heavy atom. The Kier molecular flexibility index (Phi) is 8.15. The molecule has 3 aromatic rings. The monoisotopic (exact) mass is 518 g/mol. The molecule has 0 atom stereocenters. The molecular weight excluding hydrogens is 492 g/mol. The SMILES string of the molecule is COCCN(CCOC)S(=O)(=O)c1ccc(C(=O)Nc2nnc(-c3ccc4c(c3)OCCO4)o2)cc1. The first-order chi connectivity index (χ1) is 17.4. The zero-order valence-electron chi connectivity index (χ0n) is 19.8. The number of benzene rings is 2. The number of carbonyl (C=O) groups excluding carboxylic acids is 1. The molecule has 4 rings (SSSR count). The number of amides is 1. The summed E-state index contributed by atoms with van der Waals surface area (Å²) in [5.41, 5.74) is 0.821. The summed E-state index contributed by atoms with van der Waals surface area (Å²) >= 11 is 0. The maximum atomic E-state index is 13.0. The van der Waals surface area contributed by atoms with Crippen molar-refractivity contribution in [3.8, 4) is 23.0 Å². The lowest BCUT2D eigenvalue weighted by Crippen LogP contribution is -2.36. The number of methoxy groups -OCH3 is 2. The summed E-state index contributed by atoms with van der Waals surface area (Å²) in [6, 6.07) is 10.6. The number of hydrogen-bond donors (Lipinski definition) is 1. The quantitative estimate of drug-likeness (QED) is 0.401. The number of aromatic nitrogens is 2. The molecule has 13 heteroatoms. The minimum Gasteiger partial charge on any atom is -0.486 e. The van der Waals surface area contributed by atoms with Crippen molar-refractivity contribution in [3.63, 3.8) is 0 Å². The zero-order valence-corrected chi connectivity index (χ0v) is 20.6. The third kappa shape index (κ3) is 5.82. The van der Waals surface area contributed by atoms with Crippen molar-refractivity contribution in [1.29, 1.82) is 0 Å². The molecule has 0 saturated heterocycles. The van der Waals surface area contributed by atoms with Crippen LogP contribution < -0.4 is 14.8 Å². The van der Waals surface area contributed by atoms with Gasteiger partial charge in [0.1, 0.15) is 13.2 Å². The molecule has 0 aliphatic carbocycles. The summed E-state index contributed by atoms with van der Waals surface area (Å²) in [6.45, 7) is 1.75. The zero-order chi connectivity index (χ0) is 25.5. The Bertz CT molecular complexity index is 1290. The van der Waals surface area contributed by atoms with Gasteiger partial charge < -0.3 is 23.4 Å². The number of sulfonamides is 1. The molecule has 192 valence electrons. The number of fused-ring (bicyclic) bond motifs is 1. The standard InChI is InChI=1S/C23H26N4O8S/c1-31-11-9-27(10-12-32-2)36(29,30)18-6-3-16(4-7-18)21(28)24-23-26-25-22(35-23)17-5-8-19-20(15-17)34-14-13-33-19/h3-8,15H,9-14H2,1-2H3,(H,24,26,28). The van der Waals surface area contributed by atoms with Gasteiger partial charge >= 0.3 is 6.01 Å². The van der Waals surface area contributed by atoms with E-state index in [1.807, 2.05) is 0 Å². The van der Waals surface area contributed by atoms with Gasteiger partial charge in [0.15, 0.2) is 11.5 Å². The van der Waals surface area contributed by atoms with Crippen LogP contribution >= 0.6 is 0 Å². The number of nitrogens with zero attached hydrogens (tertiary/aromatic N) is 3. The molecule has 1 aliphatic rings. The van der Waals surface area contributed by atoms with Gasteiger partial charge in [-0.25, -0.2) is 8.42 Å². The van der Waals surface area contributed by atoms with E-state index in [1.165, 1.54) is 42.8 Å². The summed E-state index contributed by atoms with van der Waals surface area (Å²) < 4.78 is 53.9. The van der Waals surface area contributed by atoms with E-state index in [0.717, 1.165) is 0 Å². The predicted molar refractivity (Wildman–Crippen MR) is 128 cm³/mol. The third-order valence-corrected chi connectivity index (χ3v) is 7.19. The van der Waals surface area contributed by atoms with Crippen LogP contribution in [0.3, 0.4) is 0 Å². The molecule has 12 nitrogen and oxygen atoms in total. The predicted octanol–water partition coefficient (Wildman–Crippen LogP) is 2.04. The lowest BCUT2D eigenvalue weighted by Gasteiger charge is -2.21. The Labute approximate surface area is 208 Å². The molecular formula is C23H26N4O8S. The topological polar surface area (TPSA) is 142 Å². The summed E-state index contributed by atoms with van der Waals surface area (Å²) in [6.07, 6.45) is 0. The normalized spacial score (nSPS) is 13.1. The fourth-order valence-corrected chi connectivity index (χ4v) is 4.81. The van der Waals surface area contributed by atoms with Gasteiger partial charge in [0.25, 0.3) is 5.91 Å². The van der Waals surface area contributed by atoms with Crippen LogP contribution in [0.4, 0.5) is 6.01 Å². The summed E-state index contributed by atoms with van der Waals surface area (Å²) in [7, 11) is -0.805. The number of hydrogen-bond acceptors (Lipinski definition) is 10. The molecule has 1 amide bonds. The second-order valence-electron chi connectivity index (χ2n) is 7.64. The number of nitrogens with one attached hydrogen (secondary N) is 1. The van der Waals surface area contributed by atoms with Gasteiger partial charge in [-0.15, -0.1) is 5.10 Å². The molecule has 1 aromatic heterocycles. The molecule has 36 heavy (non-hydrogen) atoms. The molecule has 0 unspecified atom stereocenters. The Morgan fingerprint density at radius 2 is 1.64 bits per heavy atom. The Hall–Kier alpha value is -3.52. The Balaban J connectivity index is 1.43. The van der Waals surface area contributed by atoms with Crippen LogP contribution in [-0.4, -0.2) is 82.6 Å². The van der Waals surface area contributed by atoms with Gasteiger partial charge in [0.2, 0.25) is 15.9 Å². The second kappa shape index (κ2) is 11.5. The minimum atomic E-state index is -3.80. The van der Waals surface area contributed by atoms with Crippen molar-refractivity contribution in [2.45, 2.75) is 4.90 Å². The number of rotatable bonds is 11. The molecule has 1 aliphatic heterocycles. The summed E-state index contributed by atoms with van der Waals surface area (Å²) in [4.78, 5) is 12.7. The van der Waals surface area contributed by atoms with Crippen LogP contribution in [0.2, 0.25) is 0 Å². The highest BCUT2D eigenvalue weighted by Crippen LogP contribution is 2.34. The fourth-order valence-electron chi connectivity index (χ4n) is 3.40. The highest BCUT2D eigenvalue weighted by atomic mass is 32.2. The molecule has 0 fully saturated rings. The molecule has 2 heterocycles. The van der Waals surface area contributed by atoms with E-state index in [2.05, 4.69) is 15.5 Å². The maximum Gasteiger partial charge on any atom is 0.322 e. The molecule has 0 bridgehead atoms. The summed E-state index contributed by atoms with van der Waals surface area (Å²) in [5.74, 6) is 0.854. The van der Waals surface area contributed by atoms with E-state index >= 15 is 0 Å². The average Bonchev–Trinajstić information content (AvgIpc) is 3.37. The molecule has 0 radical (unpaired) electrons. The molecule has 0 saturated carbocycles. The van der Waals surface area contributed by atoms with Gasteiger partial charge in [-0.1, -0.05) is 5.10 Å².